The summed E-state index contributed by atoms with van der Waals surface area (Å²) in [4.78, 5) is 12.6. The van der Waals surface area contributed by atoms with Gasteiger partial charge in [-0.25, -0.2) is 0 Å². The van der Waals surface area contributed by atoms with Gasteiger partial charge in [-0.2, -0.15) is 0 Å². The predicted molar refractivity (Wildman–Crippen MR) is 144 cm³/mol. The maximum atomic E-state index is 12.6. The van der Waals surface area contributed by atoms with Crippen molar-refractivity contribution in [3.63, 3.8) is 0 Å². The summed E-state index contributed by atoms with van der Waals surface area (Å²) in [6.07, 6.45) is 9.96. The van der Waals surface area contributed by atoms with Crippen LogP contribution in [0.2, 0.25) is 0 Å². The first kappa shape index (κ1) is 26.2. The molecule has 0 radical (unpaired) electrons. The normalized spacial score (nSPS) is 42.7. The number of nitrogens with one attached hydrogen (secondary N) is 1. The van der Waals surface area contributed by atoms with Crippen molar-refractivity contribution in [1.82, 2.24) is 5.32 Å². The SMILES string of the molecule is Cc1ccc(CNC(=O)CC[C@@H](C)[C@H]2CC[C@H]3[C@@H]4CC[C@@H]5C[C@H](O)CC[C@]5(C)[C@H]4C[C@H](O)[C@]23C)cc1. The Morgan fingerprint density at radius 3 is 2.53 bits per heavy atom. The van der Waals surface area contributed by atoms with Crippen molar-refractivity contribution in [3.8, 4) is 0 Å². The van der Waals surface area contributed by atoms with Crippen molar-refractivity contribution < 1.29 is 15.0 Å². The molecule has 4 fully saturated rings. The molecule has 0 aliphatic heterocycles. The van der Waals surface area contributed by atoms with Gasteiger partial charge in [-0.05, 0) is 117 Å². The standard InChI is InChI=1S/C32H49NO3/c1-20-5-8-22(9-6-20)19-33-30(36)14-7-21(2)26-12-13-27-25-11-10-23-17-24(34)15-16-31(23,3)28(25)18-29(35)32(26,27)4/h5-6,8-9,21,23-29,34-35H,7,10-19H2,1-4H3,(H,33,36)/t21-,23-,24-,25+,26-,27+,28+,29+,31+,32-/m1/s1. The van der Waals surface area contributed by atoms with Gasteiger partial charge in [0.2, 0.25) is 5.91 Å². The number of hydrogen-bond donors (Lipinski definition) is 3. The van der Waals surface area contributed by atoms with Crippen LogP contribution in [-0.2, 0) is 11.3 Å². The van der Waals surface area contributed by atoms with E-state index in [1.807, 2.05) is 0 Å². The van der Waals surface area contributed by atoms with E-state index < -0.39 is 0 Å². The molecule has 200 valence electrons. The summed E-state index contributed by atoms with van der Waals surface area (Å²) in [5.74, 6) is 3.59. The number of amides is 1. The number of benzene rings is 1. The zero-order chi connectivity index (χ0) is 25.7. The minimum atomic E-state index is -0.253. The average molecular weight is 496 g/mol. The number of carbonyl (C=O) groups excluding carboxylic acids is 1. The lowest BCUT2D eigenvalue weighted by Crippen LogP contribution is -2.58. The van der Waals surface area contributed by atoms with Crippen molar-refractivity contribution >= 4 is 5.91 Å². The van der Waals surface area contributed by atoms with Crippen LogP contribution in [0.5, 0.6) is 0 Å². The minimum absolute atomic E-state index is 0.0314. The summed E-state index contributed by atoms with van der Waals surface area (Å²) >= 11 is 0. The van der Waals surface area contributed by atoms with Crippen molar-refractivity contribution in [2.45, 2.75) is 111 Å². The van der Waals surface area contributed by atoms with Gasteiger partial charge in [0.1, 0.15) is 0 Å². The van der Waals surface area contributed by atoms with Gasteiger partial charge < -0.3 is 15.5 Å². The van der Waals surface area contributed by atoms with Crippen LogP contribution in [0.1, 0.15) is 96.1 Å². The van der Waals surface area contributed by atoms with Crippen molar-refractivity contribution in [3.05, 3.63) is 35.4 Å². The monoisotopic (exact) mass is 495 g/mol. The van der Waals surface area contributed by atoms with Crippen LogP contribution < -0.4 is 5.32 Å². The number of aliphatic hydroxyl groups is 2. The molecular weight excluding hydrogens is 446 g/mol. The molecule has 0 aromatic heterocycles. The molecule has 4 aliphatic carbocycles. The highest BCUT2D eigenvalue weighted by atomic mass is 16.3. The Balaban J connectivity index is 1.20. The van der Waals surface area contributed by atoms with Gasteiger partial charge in [0.05, 0.1) is 12.2 Å². The summed E-state index contributed by atoms with van der Waals surface area (Å²) in [5, 5.41) is 25.1. The lowest BCUT2D eigenvalue weighted by Gasteiger charge is -2.62. The topological polar surface area (TPSA) is 69.6 Å². The number of fused-ring (bicyclic) bond motifs is 5. The highest BCUT2D eigenvalue weighted by Crippen LogP contribution is 2.68. The molecule has 4 aliphatic rings. The zero-order valence-electron chi connectivity index (χ0n) is 23.0. The first-order chi connectivity index (χ1) is 17.1. The zero-order valence-corrected chi connectivity index (χ0v) is 23.0. The fraction of sp³-hybridized carbons (Fsp3) is 0.781. The fourth-order valence-electron chi connectivity index (χ4n) is 9.72. The Morgan fingerprint density at radius 1 is 1.03 bits per heavy atom. The van der Waals surface area contributed by atoms with Gasteiger partial charge in [-0.3, -0.25) is 4.79 Å². The summed E-state index contributed by atoms with van der Waals surface area (Å²) in [5.41, 5.74) is 2.63. The molecule has 1 aromatic rings. The number of carbonyl (C=O) groups is 1. The van der Waals surface area contributed by atoms with Crippen LogP contribution in [0, 0.1) is 53.3 Å². The van der Waals surface area contributed by atoms with Gasteiger partial charge in [-0.15, -0.1) is 0 Å². The van der Waals surface area contributed by atoms with Gasteiger partial charge in [0.25, 0.3) is 0 Å². The summed E-state index contributed by atoms with van der Waals surface area (Å²) in [7, 11) is 0. The molecule has 0 bridgehead atoms. The lowest BCUT2D eigenvalue weighted by atomic mass is 9.43. The molecule has 1 amide bonds. The molecule has 0 saturated heterocycles. The number of aryl methyl sites for hydroxylation is 1. The molecule has 10 atom stereocenters. The molecule has 4 heteroatoms. The molecule has 5 rings (SSSR count). The van der Waals surface area contributed by atoms with Crippen molar-refractivity contribution in [2.75, 3.05) is 0 Å². The molecule has 1 aromatic carbocycles. The smallest absolute Gasteiger partial charge is 0.220 e. The quantitative estimate of drug-likeness (QED) is 0.452. The fourth-order valence-corrected chi connectivity index (χ4v) is 9.72. The van der Waals surface area contributed by atoms with Crippen LogP contribution in [0.15, 0.2) is 24.3 Å². The maximum absolute atomic E-state index is 12.6. The summed E-state index contributed by atoms with van der Waals surface area (Å²) < 4.78 is 0. The number of rotatable bonds is 6. The first-order valence-electron chi connectivity index (χ1n) is 14.8. The van der Waals surface area contributed by atoms with E-state index in [1.54, 1.807) is 0 Å². The Hall–Kier alpha value is -1.39. The molecular formula is C32H49NO3. The first-order valence-corrected chi connectivity index (χ1v) is 14.8. The van der Waals surface area contributed by atoms with Crippen LogP contribution in [0.3, 0.4) is 0 Å². The summed E-state index contributed by atoms with van der Waals surface area (Å²) in [6.45, 7) is 9.87. The predicted octanol–water partition coefficient (Wildman–Crippen LogP) is 6.02. The van der Waals surface area contributed by atoms with E-state index in [2.05, 4.69) is 57.3 Å². The van der Waals surface area contributed by atoms with E-state index in [4.69, 9.17) is 0 Å². The van der Waals surface area contributed by atoms with Gasteiger partial charge >= 0.3 is 0 Å². The van der Waals surface area contributed by atoms with Crippen LogP contribution in [-0.4, -0.2) is 28.3 Å². The third kappa shape index (κ3) is 4.55. The molecule has 36 heavy (non-hydrogen) atoms. The van der Waals surface area contributed by atoms with E-state index >= 15 is 0 Å². The van der Waals surface area contributed by atoms with E-state index in [9.17, 15) is 15.0 Å². The molecule has 4 saturated carbocycles. The Labute approximate surface area is 218 Å². The second kappa shape index (κ2) is 10.1. The second-order valence-electron chi connectivity index (χ2n) is 13.7. The van der Waals surface area contributed by atoms with Crippen LogP contribution >= 0.6 is 0 Å². The highest BCUT2D eigenvalue weighted by molar-refractivity contribution is 5.75. The van der Waals surface area contributed by atoms with Gasteiger partial charge in [0, 0.05) is 13.0 Å². The summed E-state index contributed by atoms with van der Waals surface area (Å²) in [6, 6.07) is 8.34. The second-order valence-corrected chi connectivity index (χ2v) is 13.7. The van der Waals surface area contributed by atoms with E-state index in [-0.39, 0.29) is 28.9 Å². The van der Waals surface area contributed by atoms with Crippen molar-refractivity contribution in [1.29, 1.82) is 0 Å². The molecule has 3 N–H and O–H groups in total. The minimum Gasteiger partial charge on any atom is -0.393 e. The average Bonchev–Trinajstić information content (AvgIpc) is 3.22. The van der Waals surface area contributed by atoms with Crippen LogP contribution in [0.4, 0.5) is 0 Å². The Morgan fingerprint density at radius 2 is 1.78 bits per heavy atom. The van der Waals surface area contributed by atoms with E-state index in [1.165, 1.54) is 31.2 Å². The molecule has 0 unspecified atom stereocenters. The Bertz CT molecular complexity index is 930. The molecule has 0 spiro atoms. The molecule has 4 nitrogen and oxygen atoms in total. The number of hydrogen-bond acceptors (Lipinski definition) is 3. The van der Waals surface area contributed by atoms with E-state index in [0.717, 1.165) is 37.7 Å². The largest absolute Gasteiger partial charge is 0.393 e. The van der Waals surface area contributed by atoms with Gasteiger partial charge in [0.15, 0.2) is 0 Å². The Kier molecular flexibility index (Phi) is 7.33. The molecule has 0 heterocycles. The van der Waals surface area contributed by atoms with Crippen LogP contribution in [0.25, 0.3) is 0 Å². The maximum Gasteiger partial charge on any atom is 0.220 e. The van der Waals surface area contributed by atoms with Gasteiger partial charge in [-0.1, -0.05) is 50.6 Å². The number of aliphatic hydroxyl groups excluding tert-OH is 2. The highest BCUT2D eigenvalue weighted by Gasteiger charge is 2.63. The third-order valence-electron chi connectivity index (χ3n) is 11.9. The lowest BCUT2D eigenvalue weighted by molar-refractivity contribution is -0.174. The van der Waals surface area contributed by atoms with E-state index in [0.29, 0.717) is 48.5 Å². The van der Waals surface area contributed by atoms with Crippen molar-refractivity contribution in [2.24, 2.45) is 46.3 Å². The third-order valence-corrected chi connectivity index (χ3v) is 11.9.